The third-order valence-electron chi connectivity index (χ3n) is 3.43. The second-order valence-electron chi connectivity index (χ2n) is 5.62. The van der Waals surface area contributed by atoms with Crippen LogP contribution in [0.15, 0.2) is 48.8 Å². The predicted octanol–water partition coefficient (Wildman–Crippen LogP) is 3.75. The molecule has 0 unspecified atom stereocenters. The Balaban J connectivity index is 2.06. The van der Waals surface area contributed by atoms with Crippen molar-refractivity contribution >= 4 is 17.2 Å². The van der Waals surface area contributed by atoms with Crippen molar-refractivity contribution in [2.45, 2.75) is 19.9 Å². The van der Waals surface area contributed by atoms with E-state index >= 15 is 0 Å². The zero-order chi connectivity index (χ0) is 17.1. The van der Waals surface area contributed by atoms with E-state index in [9.17, 15) is 4.79 Å². The second-order valence-corrected chi connectivity index (χ2v) is 6.60. The van der Waals surface area contributed by atoms with Crippen LogP contribution in [0.3, 0.4) is 0 Å². The number of methoxy groups -OCH3 is 1. The predicted molar refractivity (Wildman–Crippen MR) is 96.0 cm³/mol. The lowest BCUT2D eigenvalue weighted by Gasteiger charge is -2.08. The monoisotopic (exact) mass is 341 g/mol. The van der Waals surface area contributed by atoms with Gasteiger partial charge in [-0.05, 0) is 50.2 Å². The molecule has 0 fully saturated rings. The number of rotatable bonds is 5. The van der Waals surface area contributed by atoms with E-state index in [1.165, 1.54) is 11.3 Å². The van der Waals surface area contributed by atoms with Gasteiger partial charge in [-0.1, -0.05) is 11.3 Å². The Labute approximate surface area is 144 Å². The highest BCUT2D eigenvalue weighted by Gasteiger charge is 2.20. The van der Waals surface area contributed by atoms with E-state index < -0.39 is 0 Å². The van der Waals surface area contributed by atoms with Crippen LogP contribution in [0.25, 0.3) is 16.4 Å². The van der Waals surface area contributed by atoms with Crippen molar-refractivity contribution in [2.24, 2.45) is 0 Å². The van der Waals surface area contributed by atoms with Gasteiger partial charge in [0.2, 0.25) is 0 Å². The average Bonchev–Trinajstić information content (AvgIpc) is 3.23. The van der Waals surface area contributed by atoms with E-state index in [2.05, 4.69) is 10.3 Å². The Morgan fingerprint density at radius 3 is 2.46 bits per heavy atom. The Hall–Kier alpha value is -2.60. The topological polar surface area (TPSA) is 56.2 Å². The number of ether oxygens (including phenoxy) is 1. The number of aromatic nitrogens is 2. The van der Waals surface area contributed by atoms with Gasteiger partial charge in [-0.25, -0.2) is 4.98 Å². The van der Waals surface area contributed by atoms with Crippen LogP contribution in [0.2, 0.25) is 0 Å². The molecule has 124 valence electrons. The number of nitrogens with one attached hydrogen (secondary N) is 1. The Morgan fingerprint density at radius 2 is 1.88 bits per heavy atom. The van der Waals surface area contributed by atoms with Gasteiger partial charge in [-0.15, -0.1) is 0 Å². The number of carbonyl (C=O) groups excluding carboxylic acids is 1. The summed E-state index contributed by atoms with van der Waals surface area (Å²) in [5.41, 5.74) is 1.57. The summed E-state index contributed by atoms with van der Waals surface area (Å²) < 4.78 is 7.10. The molecule has 3 rings (SSSR count). The van der Waals surface area contributed by atoms with Gasteiger partial charge in [-0.2, -0.15) is 0 Å². The Morgan fingerprint density at radius 1 is 1.21 bits per heavy atom. The van der Waals surface area contributed by atoms with Gasteiger partial charge in [0.05, 0.1) is 12.8 Å². The lowest BCUT2D eigenvalue weighted by Crippen LogP contribution is -2.29. The summed E-state index contributed by atoms with van der Waals surface area (Å²) in [5, 5.41) is 3.71. The number of hydrogen-bond acceptors (Lipinski definition) is 4. The van der Waals surface area contributed by atoms with Gasteiger partial charge < -0.3 is 14.6 Å². The van der Waals surface area contributed by atoms with Crippen molar-refractivity contribution in [3.63, 3.8) is 0 Å². The molecule has 0 aliphatic rings. The second kappa shape index (κ2) is 6.88. The average molecular weight is 341 g/mol. The summed E-state index contributed by atoms with van der Waals surface area (Å²) in [6, 6.07) is 11.5. The molecule has 5 nitrogen and oxygen atoms in total. The smallest absolute Gasteiger partial charge is 0.263 e. The summed E-state index contributed by atoms with van der Waals surface area (Å²) in [4.78, 5) is 17.9. The van der Waals surface area contributed by atoms with Crippen LogP contribution in [-0.4, -0.2) is 28.6 Å². The van der Waals surface area contributed by atoms with E-state index in [1.807, 2.05) is 67.2 Å². The van der Waals surface area contributed by atoms with Gasteiger partial charge in [0, 0.05) is 24.0 Å². The normalized spacial score (nSPS) is 10.8. The molecule has 0 saturated heterocycles. The maximum atomic E-state index is 12.6. The number of amides is 1. The minimum atomic E-state index is -0.105. The molecule has 0 radical (unpaired) electrons. The number of thiazole rings is 1. The zero-order valence-corrected chi connectivity index (χ0v) is 14.6. The van der Waals surface area contributed by atoms with E-state index in [1.54, 1.807) is 7.11 Å². The summed E-state index contributed by atoms with van der Waals surface area (Å²) in [6.07, 6.45) is 3.83. The van der Waals surface area contributed by atoms with Crippen molar-refractivity contribution < 1.29 is 9.53 Å². The molecule has 3 aromatic rings. The minimum absolute atomic E-state index is 0.0679. The molecule has 0 saturated carbocycles. The van der Waals surface area contributed by atoms with Crippen molar-refractivity contribution in [1.82, 2.24) is 14.9 Å². The van der Waals surface area contributed by atoms with E-state index in [0.29, 0.717) is 10.6 Å². The van der Waals surface area contributed by atoms with E-state index in [4.69, 9.17) is 4.74 Å². The quantitative estimate of drug-likeness (QED) is 0.769. The van der Waals surface area contributed by atoms with Gasteiger partial charge in [-0.3, -0.25) is 4.79 Å². The molecule has 0 bridgehead atoms. The van der Waals surface area contributed by atoms with Crippen LogP contribution >= 0.6 is 11.3 Å². The molecule has 0 aliphatic heterocycles. The van der Waals surface area contributed by atoms with Crippen molar-refractivity contribution in [2.75, 3.05) is 7.11 Å². The van der Waals surface area contributed by atoms with E-state index in [0.717, 1.165) is 16.4 Å². The SMILES string of the molecule is COc1ccc(-c2nc(-n3cccc3)sc2C(=O)NC(C)C)cc1. The highest BCUT2D eigenvalue weighted by Crippen LogP contribution is 2.31. The molecule has 2 aromatic heterocycles. The maximum absolute atomic E-state index is 12.6. The largest absolute Gasteiger partial charge is 0.497 e. The van der Waals surface area contributed by atoms with Crippen molar-refractivity contribution in [3.8, 4) is 22.1 Å². The maximum Gasteiger partial charge on any atom is 0.263 e. The fourth-order valence-electron chi connectivity index (χ4n) is 2.31. The van der Waals surface area contributed by atoms with Gasteiger partial charge in [0.15, 0.2) is 5.13 Å². The lowest BCUT2D eigenvalue weighted by molar-refractivity contribution is 0.0947. The zero-order valence-electron chi connectivity index (χ0n) is 13.8. The fourth-order valence-corrected chi connectivity index (χ4v) is 3.27. The highest BCUT2D eigenvalue weighted by molar-refractivity contribution is 7.16. The van der Waals surface area contributed by atoms with E-state index in [-0.39, 0.29) is 11.9 Å². The summed E-state index contributed by atoms with van der Waals surface area (Å²) in [5.74, 6) is 0.666. The van der Waals surface area contributed by atoms with Gasteiger partial charge in [0.25, 0.3) is 5.91 Å². The molecule has 6 heteroatoms. The fraction of sp³-hybridized carbons (Fsp3) is 0.222. The van der Waals surface area contributed by atoms with Crippen LogP contribution < -0.4 is 10.1 Å². The van der Waals surface area contributed by atoms with Gasteiger partial charge >= 0.3 is 0 Å². The number of hydrogen-bond donors (Lipinski definition) is 1. The van der Waals surface area contributed by atoms with Crippen molar-refractivity contribution in [1.29, 1.82) is 0 Å². The first-order valence-electron chi connectivity index (χ1n) is 7.68. The molecule has 1 N–H and O–H groups in total. The summed E-state index contributed by atoms with van der Waals surface area (Å²) in [7, 11) is 1.63. The molecule has 1 amide bonds. The molecule has 1 aromatic carbocycles. The first kappa shape index (κ1) is 16.3. The Bertz CT molecular complexity index is 821. The summed E-state index contributed by atoms with van der Waals surface area (Å²) in [6.45, 7) is 3.89. The Kier molecular flexibility index (Phi) is 4.66. The van der Waals surface area contributed by atoms with Crippen LogP contribution in [-0.2, 0) is 0 Å². The molecule has 24 heavy (non-hydrogen) atoms. The number of carbonyl (C=O) groups is 1. The molecular formula is C18H19N3O2S. The first-order valence-corrected chi connectivity index (χ1v) is 8.49. The molecule has 0 aliphatic carbocycles. The minimum Gasteiger partial charge on any atom is -0.497 e. The highest BCUT2D eigenvalue weighted by atomic mass is 32.1. The van der Waals surface area contributed by atoms with Crippen LogP contribution in [0.1, 0.15) is 23.5 Å². The summed E-state index contributed by atoms with van der Waals surface area (Å²) >= 11 is 1.38. The van der Waals surface area contributed by atoms with Gasteiger partial charge in [0.1, 0.15) is 10.6 Å². The van der Waals surface area contributed by atoms with Crippen molar-refractivity contribution in [3.05, 3.63) is 53.7 Å². The van der Waals surface area contributed by atoms with Crippen LogP contribution in [0.5, 0.6) is 5.75 Å². The first-order chi connectivity index (χ1) is 11.6. The molecular weight excluding hydrogens is 322 g/mol. The third kappa shape index (κ3) is 3.33. The lowest BCUT2D eigenvalue weighted by atomic mass is 10.1. The molecule has 2 heterocycles. The number of nitrogens with zero attached hydrogens (tertiary/aromatic N) is 2. The molecule has 0 atom stereocenters. The number of benzene rings is 1. The third-order valence-corrected chi connectivity index (χ3v) is 4.50. The standard InChI is InChI=1S/C18H19N3O2S/c1-12(2)19-17(22)16-15(13-6-8-14(23-3)9-7-13)20-18(24-16)21-10-4-5-11-21/h4-12H,1-3H3,(H,19,22). The van der Waals surface area contributed by atoms with Crippen LogP contribution in [0.4, 0.5) is 0 Å². The van der Waals surface area contributed by atoms with Crippen LogP contribution in [0, 0.1) is 0 Å². The molecule has 0 spiro atoms.